The van der Waals surface area contributed by atoms with Crippen molar-refractivity contribution in [3.63, 3.8) is 0 Å². The number of likely N-dealkylation sites (tertiary alicyclic amines) is 1. The fourth-order valence-electron chi connectivity index (χ4n) is 2.66. The van der Waals surface area contributed by atoms with Crippen LogP contribution < -0.4 is 10.1 Å². The highest BCUT2D eigenvalue weighted by atomic mass is 16.5. The molecule has 1 unspecified atom stereocenters. The highest BCUT2D eigenvalue weighted by molar-refractivity contribution is 5.79. The van der Waals surface area contributed by atoms with Gasteiger partial charge in [0, 0.05) is 18.2 Å². The van der Waals surface area contributed by atoms with Gasteiger partial charge in [-0.2, -0.15) is 0 Å². The largest absolute Gasteiger partial charge is 0.496 e. The van der Waals surface area contributed by atoms with Crippen LogP contribution in [0.2, 0.25) is 0 Å². The van der Waals surface area contributed by atoms with Gasteiger partial charge in [0.15, 0.2) is 0 Å². The Morgan fingerprint density at radius 1 is 1.35 bits per heavy atom. The summed E-state index contributed by atoms with van der Waals surface area (Å²) in [5.74, 6) is 0.829. The Hall–Kier alpha value is -1.55. The molecule has 1 atom stereocenters. The van der Waals surface area contributed by atoms with E-state index < -0.39 is 0 Å². The van der Waals surface area contributed by atoms with Gasteiger partial charge in [-0.05, 0) is 38.9 Å². The summed E-state index contributed by atoms with van der Waals surface area (Å²) in [7, 11) is 1.63. The molecular formula is C16H24N2O2. The van der Waals surface area contributed by atoms with Crippen LogP contribution in [0.25, 0.3) is 0 Å². The van der Waals surface area contributed by atoms with E-state index in [-0.39, 0.29) is 5.91 Å². The molecule has 1 aromatic carbocycles. The van der Waals surface area contributed by atoms with Crippen LogP contribution in [0.3, 0.4) is 0 Å². The molecule has 0 aromatic heterocycles. The number of amides is 1. The summed E-state index contributed by atoms with van der Waals surface area (Å²) >= 11 is 0. The van der Waals surface area contributed by atoms with Crippen LogP contribution in [0, 0.1) is 0 Å². The van der Waals surface area contributed by atoms with Gasteiger partial charge < -0.3 is 10.1 Å². The Morgan fingerprint density at radius 3 is 2.75 bits per heavy atom. The van der Waals surface area contributed by atoms with Crippen LogP contribution in [-0.2, 0) is 11.2 Å². The lowest BCUT2D eigenvalue weighted by Crippen LogP contribution is -2.41. The smallest absolute Gasteiger partial charge is 0.224 e. The first-order valence-electron chi connectivity index (χ1n) is 7.33. The Labute approximate surface area is 121 Å². The fraction of sp³-hybridized carbons (Fsp3) is 0.562. The van der Waals surface area contributed by atoms with Crippen molar-refractivity contribution in [2.24, 2.45) is 0 Å². The van der Waals surface area contributed by atoms with Gasteiger partial charge >= 0.3 is 0 Å². The topological polar surface area (TPSA) is 41.6 Å². The van der Waals surface area contributed by atoms with Crippen molar-refractivity contribution >= 4 is 5.91 Å². The molecule has 0 radical (unpaired) electrons. The minimum absolute atomic E-state index is 0.0561. The third kappa shape index (κ3) is 3.97. The molecule has 1 fully saturated rings. The Morgan fingerprint density at radius 2 is 2.05 bits per heavy atom. The van der Waals surface area contributed by atoms with E-state index >= 15 is 0 Å². The van der Waals surface area contributed by atoms with Gasteiger partial charge in [-0.15, -0.1) is 0 Å². The molecule has 2 rings (SSSR count). The summed E-state index contributed by atoms with van der Waals surface area (Å²) < 4.78 is 5.26. The zero-order valence-corrected chi connectivity index (χ0v) is 12.4. The quantitative estimate of drug-likeness (QED) is 0.862. The number of nitrogens with zero attached hydrogens (tertiary/aromatic N) is 1. The van der Waals surface area contributed by atoms with Crippen LogP contribution in [0.5, 0.6) is 5.75 Å². The SMILES string of the molecule is COc1ccccc1CC(=O)NCC(C)N1CCCC1. The first-order valence-corrected chi connectivity index (χ1v) is 7.33. The van der Waals surface area contributed by atoms with Crippen LogP contribution >= 0.6 is 0 Å². The van der Waals surface area contributed by atoms with Crippen molar-refractivity contribution in [2.45, 2.75) is 32.2 Å². The Bertz CT molecular complexity index is 442. The van der Waals surface area contributed by atoms with Crippen molar-refractivity contribution in [3.05, 3.63) is 29.8 Å². The predicted molar refractivity (Wildman–Crippen MR) is 80.0 cm³/mol. The lowest BCUT2D eigenvalue weighted by atomic mass is 10.1. The summed E-state index contributed by atoms with van der Waals surface area (Å²) in [4.78, 5) is 14.4. The van der Waals surface area contributed by atoms with E-state index in [1.807, 2.05) is 24.3 Å². The standard InChI is InChI=1S/C16H24N2O2/c1-13(18-9-5-6-10-18)12-17-16(19)11-14-7-3-4-8-15(14)20-2/h3-4,7-8,13H,5-6,9-12H2,1-2H3,(H,17,19). The first kappa shape index (κ1) is 14.9. The number of hydrogen-bond acceptors (Lipinski definition) is 3. The van der Waals surface area contributed by atoms with E-state index in [0.717, 1.165) is 24.4 Å². The molecule has 1 heterocycles. The van der Waals surface area contributed by atoms with Gasteiger partial charge in [0.25, 0.3) is 0 Å². The molecule has 1 saturated heterocycles. The van der Waals surface area contributed by atoms with Crippen molar-refractivity contribution < 1.29 is 9.53 Å². The van der Waals surface area contributed by atoms with Gasteiger partial charge in [-0.1, -0.05) is 18.2 Å². The maximum absolute atomic E-state index is 12.0. The van der Waals surface area contributed by atoms with Crippen LogP contribution in [0.1, 0.15) is 25.3 Å². The van der Waals surface area contributed by atoms with E-state index in [1.165, 1.54) is 12.8 Å². The minimum Gasteiger partial charge on any atom is -0.496 e. The zero-order valence-electron chi connectivity index (χ0n) is 12.4. The van der Waals surface area contributed by atoms with Crippen LogP contribution in [0.15, 0.2) is 24.3 Å². The summed E-state index contributed by atoms with van der Waals surface area (Å²) in [5, 5.41) is 3.02. The van der Waals surface area contributed by atoms with Crippen LogP contribution in [-0.4, -0.2) is 43.6 Å². The van der Waals surface area contributed by atoms with E-state index in [0.29, 0.717) is 19.0 Å². The van der Waals surface area contributed by atoms with E-state index in [2.05, 4.69) is 17.1 Å². The number of ether oxygens (including phenoxy) is 1. The zero-order chi connectivity index (χ0) is 14.4. The van der Waals surface area contributed by atoms with Gasteiger partial charge in [0.05, 0.1) is 13.5 Å². The lowest BCUT2D eigenvalue weighted by Gasteiger charge is -2.23. The van der Waals surface area contributed by atoms with Crippen molar-refractivity contribution in [1.29, 1.82) is 0 Å². The molecule has 4 heteroatoms. The highest BCUT2D eigenvalue weighted by Crippen LogP contribution is 2.17. The first-order chi connectivity index (χ1) is 9.70. The Balaban J connectivity index is 1.80. The Kier molecular flexibility index (Phi) is 5.41. The number of hydrogen-bond donors (Lipinski definition) is 1. The predicted octanol–water partition coefficient (Wildman–Crippen LogP) is 1.84. The van der Waals surface area contributed by atoms with Crippen molar-refractivity contribution in [1.82, 2.24) is 10.2 Å². The monoisotopic (exact) mass is 276 g/mol. The van der Waals surface area contributed by atoms with Gasteiger partial charge in [-0.25, -0.2) is 0 Å². The van der Waals surface area contributed by atoms with Gasteiger partial charge in [-0.3, -0.25) is 9.69 Å². The molecule has 4 nitrogen and oxygen atoms in total. The number of benzene rings is 1. The molecular weight excluding hydrogens is 252 g/mol. The second kappa shape index (κ2) is 7.29. The number of rotatable bonds is 6. The highest BCUT2D eigenvalue weighted by Gasteiger charge is 2.18. The molecule has 110 valence electrons. The summed E-state index contributed by atoms with van der Waals surface area (Å²) in [6.45, 7) is 5.20. The second-order valence-corrected chi connectivity index (χ2v) is 5.38. The van der Waals surface area contributed by atoms with E-state index in [9.17, 15) is 4.79 Å². The molecule has 0 bridgehead atoms. The van der Waals surface area contributed by atoms with Crippen LogP contribution in [0.4, 0.5) is 0 Å². The molecule has 20 heavy (non-hydrogen) atoms. The third-order valence-corrected chi connectivity index (χ3v) is 3.90. The molecule has 1 amide bonds. The molecule has 0 spiro atoms. The maximum atomic E-state index is 12.0. The molecule has 1 aliphatic heterocycles. The fourth-order valence-corrected chi connectivity index (χ4v) is 2.66. The minimum atomic E-state index is 0.0561. The lowest BCUT2D eigenvalue weighted by molar-refractivity contribution is -0.120. The van der Waals surface area contributed by atoms with Gasteiger partial charge in [0.1, 0.15) is 5.75 Å². The summed E-state index contributed by atoms with van der Waals surface area (Å²) in [6, 6.07) is 8.07. The molecule has 1 N–H and O–H groups in total. The number of para-hydroxylation sites is 1. The van der Waals surface area contributed by atoms with E-state index in [1.54, 1.807) is 7.11 Å². The average molecular weight is 276 g/mol. The molecule has 0 saturated carbocycles. The number of carbonyl (C=O) groups excluding carboxylic acids is 1. The molecule has 1 aliphatic rings. The van der Waals surface area contributed by atoms with Crippen molar-refractivity contribution in [2.75, 3.05) is 26.7 Å². The molecule has 1 aromatic rings. The summed E-state index contributed by atoms with van der Waals surface area (Å²) in [5.41, 5.74) is 0.932. The van der Waals surface area contributed by atoms with E-state index in [4.69, 9.17) is 4.74 Å². The van der Waals surface area contributed by atoms with Crippen molar-refractivity contribution in [3.8, 4) is 5.75 Å². The number of methoxy groups -OCH3 is 1. The molecule has 0 aliphatic carbocycles. The van der Waals surface area contributed by atoms with Gasteiger partial charge in [0.2, 0.25) is 5.91 Å². The second-order valence-electron chi connectivity index (χ2n) is 5.38. The third-order valence-electron chi connectivity index (χ3n) is 3.90. The number of carbonyl (C=O) groups is 1. The normalized spacial score (nSPS) is 16.9. The number of nitrogens with one attached hydrogen (secondary N) is 1. The summed E-state index contributed by atoms with van der Waals surface area (Å²) in [6.07, 6.45) is 2.93. The maximum Gasteiger partial charge on any atom is 0.224 e. The average Bonchev–Trinajstić information content (AvgIpc) is 2.99.